The van der Waals surface area contributed by atoms with E-state index in [1.807, 2.05) is 27.7 Å². The van der Waals surface area contributed by atoms with E-state index in [2.05, 4.69) is 19.9 Å². The van der Waals surface area contributed by atoms with Crippen molar-refractivity contribution >= 4 is 26.5 Å². The number of aromatic nitrogens is 3. The number of nitrogens with one attached hydrogen (secondary N) is 1. The molecule has 8 nitrogen and oxygen atoms in total. The zero-order chi connectivity index (χ0) is 27.7. The molecule has 1 N–H and O–H groups in total. The number of halogens is 3. The minimum Gasteiger partial charge on any atom is -0.487 e. The number of nitrogens with zero attached hydrogens (tertiary/aromatic N) is 3. The Balaban J connectivity index is 1.46. The standard InChI is InChI=1S/C25H25F3N4O4S2/c1-14(2)21-20(29-22(36-21)16-5-7-17(8-6-16)25(26,27)28)13-35-18-9-11-19(12-10-18)38(33,34)32-24-31-30-23(37-24)15(3)4/h5-12,14-15H,13H2,1-4H3,(H,31,32). The van der Waals surface area contributed by atoms with E-state index in [1.165, 1.54) is 47.7 Å². The van der Waals surface area contributed by atoms with Gasteiger partial charge in [0.25, 0.3) is 10.0 Å². The molecule has 202 valence electrons. The fraction of sp³-hybridized carbons (Fsp3) is 0.320. The molecular weight excluding hydrogens is 541 g/mol. The van der Waals surface area contributed by atoms with Crippen molar-refractivity contribution in [2.24, 2.45) is 0 Å². The Morgan fingerprint density at radius 3 is 2.18 bits per heavy atom. The summed E-state index contributed by atoms with van der Waals surface area (Å²) in [7, 11) is -3.86. The molecule has 0 amide bonds. The average Bonchev–Trinajstić information content (AvgIpc) is 3.50. The first-order valence-corrected chi connectivity index (χ1v) is 13.9. The lowest BCUT2D eigenvalue weighted by Gasteiger charge is -2.08. The summed E-state index contributed by atoms with van der Waals surface area (Å²) in [6, 6.07) is 10.4. The van der Waals surface area contributed by atoms with Gasteiger partial charge in [-0.15, -0.1) is 10.2 Å². The number of hydrogen-bond acceptors (Lipinski definition) is 8. The zero-order valence-corrected chi connectivity index (χ0v) is 22.5. The second-order valence-corrected chi connectivity index (χ2v) is 11.7. The first-order chi connectivity index (χ1) is 17.8. The summed E-state index contributed by atoms with van der Waals surface area (Å²) < 4.78 is 78.1. The molecule has 0 saturated heterocycles. The maximum atomic E-state index is 12.9. The smallest absolute Gasteiger partial charge is 0.416 e. The van der Waals surface area contributed by atoms with E-state index in [1.54, 1.807) is 0 Å². The van der Waals surface area contributed by atoms with E-state index in [0.717, 1.165) is 17.1 Å². The third kappa shape index (κ3) is 6.33. The number of ether oxygens (including phenoxy) is 1. The summed E-state index contributed by atoms with van der Waals surface area (Å²) in [4.78, 5) is 4.46. The summed E-state index contributed by atoms with van der Waals surface area (Å²) in [5.41, 5.74) is 0.138. The van der Waals surface area contributed by atoms with Crippen molar-refractivity contribution in [3.05, 3.63) is 70.6 Å². The summed E-state index contributed by atoms with van der Waals surface area (Å²) >= 11 is 1.17. The highest BCUT2D eigenvalue weighted by Gasteiger charge is 2.30. The van der Waals surface area contributed by atoms with Crippen LogP contribution >= 0.6 is 11.3 Å². The molecule has 4 aromatic rings. The molecule has 0 spiro atoms. The summed E-state index contributed by atoms with van der Waals surface area (Å²) in [6.07, 6.45) is -4.43. The molecule has 0 aliphatic heterocycles. The molecular formula is C25H25F3N4O4S2. The van der Waals surface area contributed by atoms with Crippen molar-refractivity contribution in [2.75, 3.05) is 4.72 Å². The summed E-state index contributed by atoms with van der Waals surface area (Å²) in [6.45, 7) is 7.70. The van der Waals surface area contributed by atoms with Crippen LogP contribution in [0.25, 0.3) is 11.5 Å². The number of rotatable bonds is 9. The topological polar surface area (TPSA) is 107 Å². The van der Waals surface area contributed by atoms with E-state index in [-0.39, 0.29) is 34.4 Å². The van der Waals surface area contributed by atoms with Crippen molar-refractivity contribution in [1.82, 2.24) is 15.2 Å². The quantitative estimate of drug-likeness (QED) is 0.236. The normalized spacial score (nSPS) is 12.3. The van der Waals surface area contributed by atoms with Crippen LogP contribution < -0.4 is 9.46 Å². The van der Waals surface area contributed by atoms with E-state index in [0.29, 0.717) is 22.8 Å². The molecule has 38 heavy (non-hydrogen) atoms. The third-order valence-corrected chi connectivity index (χ3v) is 8.00. The molecule has 0 aliphatic carbocycles. The maximum Gasteiger partial charge on any atom is 0.416 e. The average molecular weight is 567 g/mol. The van der Waals surface area contributed by atoms with Gasteiger partial charge in [0.15, 0.2) is 0 Å². The maximum absolute atomic E-state index is 12.9. The van der Waals surface area contributed by atoms with Gasteiger partial charge in [0.05, 0.1) is 10.5 Å². The summed E-state index contributed by atoms with van der Waals surface area (Å²) in [5, 5.41) is 8.76. The van der Waals surface area contributed by atoms with Gasteiger partial charge in [-0.05, 0) is 48.5 Å². The van der Waals surface area contributed by atoms with Crippen LogP contribution in [0.3, 0.4) is 0 Å². The highest BCUT2D eigenvalue weighted by Crippen LogP contribution is 2.33. The number of oxazole rings is 1. The van der Waals surface area contributed by atoms with Crippen molar-refractivity contribution < 1.29 is 30.7 Å². The predicted octanol–water partition coefficient (Wildman–Crippen LogP) is 6.84. The Hall–Kier alpha value is -3.45. The van der Waals surface area contributed by atoms with Gasteiger partial charge in [-0.2, -0.15) is 13.2 Å². The number of anilines is 1. The van der Waals surface area contributed by atoms with Crippen LogP contribution in [0.15, 0.2) is 57.8 Å². The van der Waals surface area contributed by atoms with Crippen LogP contribution in [0.1, 0.15) is 61.6 Å². The Kier molecular flexibility index (Phi) is 7.79. The van der Waals surface area contributed by atoms with Crippen molar-refractivity contribution in [2.45, 2.75) is 57.2 Å². The lowest BCUT2D eigenvalue weighted by molar-refractivity contribution is -0.137. The molecule has 13 heteroatoms. The SMILES string of the molecule is CC(C)c1nnc(NS(=O)(=O)c2ccc(OCc3nc(-c4ccc(C(F)(F)F)cc4)oc3C(C)C)cc2)s1. The van der Waals surface area contributed by atoms with E-state index in [9.17, 15) is 21.6 Å². The lowest BCUT2D eigenvalue weighted by atomic mass is 10.1. The predicted molar refractivity (Wildman–Crippen MR) is 137 cm³/mol. The molecule has 2 heterocycles. The Morgan fingerprint density at radius 1 is 0.974 bits per heavy atom. The van der Waals surface area contributed by atoms with Crippen molar-refractivity contribution in [3.8, 4) is 17.2 Å². The molecule has 0 radical (unpaired) electrons. The van der Waals surface area contributed by atoms with Gasteiger partial charge in [-0.25, -0.2) is 13.4 Å². The van der Waals surface area contributed by atoms with Gasteiger partial charge in [0.2, 0.25) is 11.0 Å². The molecule has 0 atom stereocenters. The lowest BCUT2D eigenvalue weighted by Crippen LogP contribution is -2.12. The van der Waals surface area contributed by atoms with Crippen molar-refractivity contribution in [1.29, 1.82) is 0 Å². The molecule has 2 aromatic heterocycles. The Morgan fingerprint density at radius 2 is 1.63 bits per heavy atom. The van der Waals surface area contributed by atoms with Gasteiger partial charge in [-0.1, -0.05) is 39.0 Å². The van der Waals surface area contributed by atoms with Gasteiger partial charge < -0.3 is 9.15 Å². The van der Waals surface area contributed by atoms with Gasteiger partial charge in [-0.3, -0.25) is 4.72 Å². The largest absolute Gasteiger partial charge is 0.487 e. The van der Waals surface area contributed by atoms with Crippen LogP contribution in [0.2, 0.25) is 0 Å². The number of hydrogen-bond donors (Lipinski definition) is 1. The number of benzene rings is 2. The van der Waals surface area contributed by atoms with Crippen LogP contribution in [0.4, 0.5) is 18.3 Å². The summed E-state index contributed by atoms with van der Waals surface area (Å²) in [5.74, 6) is 1.20. The third-order valence-electron chi connectivity index (χ3n) is 5.38. The Bertz CT molecular complexity index is 1490. The van der Waals surface area contributed by atoms with E-state index in [4.69, 9.17) is 9.15 Å². The monoisotopic (exact) mass is 566 g/mol. The highest BCUT2D eigenvalue weighted by molar-refractivity contribution is 7.93. The number of alkyl halides is 3. The second-order valence-electron chi connectivity index (χ2n) is 9.03. The molecule has 2 aromatic carbocycles. The van der Waals surface area contributed by atoms with Crippen LogP contribution in [-0.4, -0.2) is 23.6 Å². The molecule has 0 fully saturated rings. The van der Waals surface area contributed by atoms with Crippen LogP contribution in [0.5, 0.6) is 5.75 Å². The molecule has 0 aliphatic rings. The fourth-order valence-electron chi connectivity index (χ4n) is 3.39. The number of sulfonamides is 1. The second kappa shape index (κ2) is 10.7. The fourth-order valence-corrected chi connectivity index (χ4v) is 5.37. The Labute approximate surface area is 222 Å². The minimum atomic E-state index is -4.43. The molecule has 0 unspecified atom stereocenters. The molecule has 0 bridgehead atoms. The van der Waals surface area contributed by atoms with Gasteiger partial charge >= 0.3 is 6.18 Å². The first kappa shape index (κ1) is 27.6. The van der Waals surface area contributed by atoms with Gasteiger partial charge in [0.1, 0.15) is 28.8 Å². The molecule has 0 saturated carbocycles. The van der Waals surface area contributed by atoms with E-state index >= 15 is 0 Å². The zero-order valence-electron chi connectivity index (χ0n) is 20.9. The van der Waals surface area contributed by atoms with Crippen LogP contribution in [0, 0.1) is 0 Å². The highest BCUT2D eigenvalue weighted by atomic mass is 32.2. The van der Waals surface area contributed by atoms with Crippen LogP contribution in [-0.2, 0) is 22.8 Å². The minimum absolute atomic E-state index is 0.0186. The van der Waals surface area contributed by atoms with Gasteiger partial charge in [0, 0.05) is 17.4 Å². The van der Waals surface area contributed by atoms with Crippen molar-refractivity contribution in [3.63, 3.8) is 0 Å². The van der Waals surface area contributed by atoms with E-state index < -0.39 is 21.8 Å². The molecule has 4 rings (SSSR count). The first-order valence-electron chi connectivity index (χ1n) is 11.6.